The van der Waals surface area contributed by atoms with Crippen molar-refractivity contribution in [2.24, 2.45) is 5.92 Å². The molecule has 1 N–H and O–H groups in total. The summed E-state index contributed by atoms with van der Waals surface area (Å²) in [7, 11) is 0. The molecule has 7 nitrogen and oxygen atoms in total. The summed E-state index contributed by atoms with van der Waals surface area (Å²) < 4.78 is 7.32. The number of benzene rings is 1. The van der Waals surface area contributed by atoms with Gasteiger partial charge in [-0.05, 0) is 67.9 Å². The van der Waals surface area contributed by atoms with E-state index in [1.54, 1.807) is 6.92 Å². The number of pyridine rings is 1. The van der Waals surface area contributed by atoms with Gasteiger partial charge >= 0.3 is 5.97 Å². The molecule has 0 saturated carbocycles. The Bertz CT molecular complexity index is 1580. The maximum atomic E-state index is 13.2. The van der Waals surface area contributed by atoms with E-state index in [9.17, 15) is 14.9 Å². The minimum atomic E-state index is -0.370. The van der Waals surface area contributed by atoms with E-state index in [-0.39, 0.29) is 24.2 Å². The number of esters is 1. The number of aryl methyl sites for hydroxylation is 2. The van der Waals surface area contributed by atoms with E-state index in [0.717, 1.165) is 64.2 Å². The van der Waals surface area contributed by atoms with Crippen LogP contribution < -0.4 is 5.32 Å². The van der Waals surface area contributed by atoms with Gasteiger partial charge in [0.25, 0.3) is 0 Å². The number of aromatic nitrogens is 2. The van der Waals surface area contributed by atoms with Crippen molar-refractivity contribution >= 4 is 56.7 Å². The number of hydrogen-bond acceptors (Lipinski definition) is 7. The summed E-state index contributed by atoms with van der Waals surface area (Å²) in [5.41, 5.74) is 5.38. The van der Waals surface area contributed by atoms with Crippen LogP contribution in [0.3, 0.4) is 0 Å². The number of para-hydroxylation sites is 2. The number of thioether (sulfide) groups is 1. The number of amides is 1. The highest BCUT2D eigenvalue weighted by Crippen LogP contribution is 2.40. The molecular formula is C29H30N4O3S2. The van der Waals surface area contributed by atoms with E-state index in [2.05, 4.69) is 25.2 Å². The predicted molar refractivity (Wildman–Crippen MR) is 152 cm³/mol. The zero-order chi connectivity index (χ0) is 26.8. The molecule has 1 aliphatic carbocycles. The molecule has 0 radical (unpaired) electrons. The number of anilines is 1. The molecule has 4 aromatic rings. The summed E-state index contributed by atoms with van der Waals surface area (Å²) in [6.45, 7) is 6.35. The van der Waals surface area contributed by atoms with Crippen LogP contribution in [-0.2, 0) is 28.8 Å². The average Bonchev–Trinajstić information content (AvgIpc) is 3.45. The number of hydrogen-bond donors (Lipinski definition) is 1. The Kier molecular flexibility index (Phi) is 7.73. The van der Waals surface area contributed by atoms with Gasteiger partial charge in [-0.3, -0.25) is 9.20 Å². The zero-order valence-corrected chi connectivity index (χ0v) is 23.4. The SMILES string of the molecule is CCCc1cc(SCC(=O)Nc2sc3c(c2C(=O)OCC)C[C@@H](C)CC3)n2c(nc3ccccc32)c1C#N. The highest BCUT2D eigenvalue weighted by molar-refractivity contribution is 7.99. The molecule has 3 heterocycles. The monoisotopic (exact) mass is 546 g/mol. The molecule has 0 saturated heterocycles. The number of nitrogens with zero attached hydrogens (tertiary/aromatic N) is 3. The first kappa shape index (κ1) is 26.3. The van der Waals surface area contributed by atoms with E-state index in [4.69, 9.17) is 9.72 Å². The second kappa shape index (κ2) is 11.2. The number of thiophene rings is 1. The van der Waals surface area contributed by atoms with Crippen molar-refractivity contribution in [2.75, 3.05) is 17.7 Å². The molecular weight excluding hydrogens is 516 g/mol. The summed E-state index contributed by atoms with van der Waals surface area (Å²) in [4.78, 5) is 32.0. The van der Waals surface area contributed by atoms with Gasteiger partial charge in [-0.15, -0.1) is 11.3 Å². The number of carbonyl (C=O) groups excluding carboxylic acids is 2. The number of imidazole rings is 1. The summed E-state index contributed by atoms with van der Waals surface area (Å²) in [5.74, 6) is 0.0851. The van der Waals surface area contributed by atoms with Gasteiger partial charge in [0, 0.05) is 4.88 Å². The second-order valence-electron chi connectivity index (χ2n) is 9.62. The third-order valence-electron chi connectivity index (χ3n) is 6.85. The Hall–Kier alpha value is -3.35. The van der Waals surface area contributed by atoms with Crippen molar-refractivity contribution < 1.29 is 14.3 Å². The van der Waals surface area contributed by atoms with E-state index in [0.29, 0.717) is 27.7 Å². The minimum absolute atomic E-state index is 0.153. The second-order valence-corrected chi connectivity index (χ2v) is 11.7. The number of ether oxygens (including phenoxy) is 1. The quantitative estimate of drug-likeness (QED) is 0.203. The molecule has 38 heavy (non-hydrogen) atoms. The van der Waals surface area contributed by atoms with Crippen LogP contribution in [0.25, 0.3) is 16.7 Å². The van der Waals surface area contributed by atoms with E-state index < -0.39 is 0 Å². The number of rotatable bonds is 8. The Morgan fingerprint density at radius 1 is 1.32 bits per heavy atom. The molecule has 0 bridgehead atoms. The number of fused-ring (bicyclic) bond motifs is 4. The number of nitriles is 1. The lowest BCUT2D eigenvalue weighted by molar-refractivity contribution is -0.113. The van der Waals surface area contributed by atoms with E-state index >= 15 is 0 Å². The van der Waals surface area contributed by atoms with Gasteiger partial charge in [0.2, 0.25) is 5.91 Å². The molecule has 1 atom stereocenters. The van der Waals surface area contributed by atoms with Crippen LogP contribution in [0.1, 0.15) is 65.5 Å². The van der Waals surface area contributed by atoms with Crippen molar-refractivity contribution in [1.29, 1.82) is 5.26 Å². The van der Waals surface area contributed by atoms with Crippen LogP contribution in [0.2, 0.25) is 0 Å². The molecule has 1 aliphatic rings. The van der Waals surface area contributed by atoms with Crippen LogP contribution in [0.4, 0.5) is 5.00 Å². The van der Waals surface area contributed by atoms with Gasteiger partial charge in [-0.25, -0.2) is 9.78 Å². The van der Waals surface area contributed by atoms with Crippen molar-refractivity contribution in [3.8, 4) is 6.07 Å². The number of carbonyl (C=O) groups is 2. The van der Waals surface area contributed by atoms with Crippen LogP contribution in [0, 0.1) is 17.2 Å². The van der Waals surface area contributed by atoms with Crippen LogP contribution >= 0.6 is 23.1 Å². The molecule has 5 rings (SSSR count). The van der Waals surface area contributed by atoms with Gasteiger partial charge in [-0.1, -0.05) is 44.2 Å². The highest BCUT2D eigenvalue weighted by atomic mass is 32.2. The lowest BCUT2D eigenvalue weighted by Crippen LogP contribution is -2.18. The fourth-order valence-corrected chi connectivity index (χ4v) is 7.25. The average molecular weight is 547 g/mol. The summed E-state index contributed by atoms with van der Waals surface area (Å²) >= 11 is 2.90. The Balaban J connectivity index is 1.45. The summed E-state index contributed by atoms with van der Waals surface area (Å²) in [6, 6.07) is 12.1. The summed E-state index contributed by atoms with van der Waals surface area (Å²) in [5, 5.41) is 14.4. The first-order valence-electron chi connectivity index (χ1n) is 13.0. The normalized spacial score (nSPS) is 14.8. The van der Waals surface area contributed by atoms with Crippen molar-refractivity contribution in [2.45, 2.75) is 57.9 Å². The van der Waals surface area contributed by atoms with Crippen LogP contribution in [0.5, 0.6) is 0 Å². The molecule has 1 aromatic carbocycles. The van der Waals surface area contributed by atoms with E-state index in [1.165, 1.54) is 23.1 Å². The topological polar surface area (TPSA) is 96.5 Å². The van der Waals surface area contributed by atoms with Crippen molar-refractivity contribution in [1.82, 2.24) is 9.38 Å². The first-order valence-corrected chi connectivity index (χ1v) is 14.8. The molecule has 0 unspecified atom stereocenters. The molecule has 1 amide bonds. The van der Waals surface area contributed by atoms with Crippen LogP contribution in [-0.4, -0.2) is 33.6 Å². The maximum absolute atomic E-state index is 13.2. The van der Waals surface area contributed by atoms with Crippen molar-refractivity contribution in [3.63, 3.8) is 0 Å². The van der Waals surface area contributed by atoms with Gasteiger partial charge < -0.3 is 10.1 Å². The molecule has 0 fully saturated rings. The third-order valence-corrected chi connectivity index (χ3v) is 9.06. The standard InChI is InChI=1S/C29H30N4O3S2/c1-4-8-18-14-25(33-22-10-7-6-9-21(22)31-27(33)20(18)15-30)37-16-24(34)32-28-26(29(35)36-5-2)19-13-17(3)11-12-23(19)38-28/h6-7,9-10,14,17H,4-5,8,11-13,16H2,1-3H3,(H,32,34)/t17-/m0/s1. The van der Waals surface area contributed by atoms with Gasteiger partial charge in [0.15, 0.2) is 5.65 Å². The molecule has 196 valence electrons. The van der Waals surface area contributed by atoms with Gasteiger partial charge in [-0.2, -0.15) is 5.26 Å². The third kappa shape index (κ3) is 4.91. The largest absolute Gasteiger partial charge is 0.462 e. The first-order chi connectivity index (χ1) is 18.4. The fourth-order valence-electron chi connectivity index (χ4n) is 5.11. The smallest absolute Gasteiger partial charge is 0.341 e. The Morgan fingerprint density at radius 2 is 2.13 bits per heavy atom. The lowest BCUT2D eigenvalue weighted by Gasteiger charge is -2.18. The Labute approximate surface area is 230 Å². The molecule has 3 aromatic heterocycles. The fraction of sp³-hybridized carbons (Fsp3) is 0.379. The van der Waals surface area contributed by atoms with Crippen LogP contribution in [0.15, 0.2) is 35.4 Å². The van der Waals surface area contributed by atoms with Gasteiger partial charge in [0.1, 0.15) is 11.1 Å². The summed E-state index contributed by atoms with van der Waals surface area (Å²) in [6.07, 6.45) is 4.46. The highest BCUT2D eigenvalue weighted by Gasteiger charge is 2.29. The molecule has 0 spiro atoms. The predicted octanol–water partition coefficient (Wildman–Crippen LogP) is 6.41. The maximum Gasteiger partial charge on any atom is 0.341 e. The van der Waals surface area contributed by atoms with Gasteiger partial charge in [0.05, 0.1) is 39.5 Å². The Morgan fingerprint density at radius 3 is 2.89 bits per heavy atom. The zero-order valence-electron chi connectivity index (χ0n) is 21.8. The van der Waals surface area contributed by atoms with Crippen molar-refractivity contribution in [3.05, 3.63) is 57.5 Å². The molecule has 9 heteroatoms. The number of nitrogens with one attached hydrogen (secondary N) is 1. The lowest BCUT2D eigenvalue weighted by atomic mass is 9.88. The van der Waals surface area contributed by atoms with E-state index in [1.807, 2.05) is 34.7 Å². The molecule has 0 aliphatic heterocycles. The minimum Gasteiger partial charge on any atom is -0.462 e.